The van der Waals surface area contributed by atoms with Gasteiger partial charge in [0.1, 0.15) is 11.4 Å². The molecule has 0 radical (unpaired) electrons. The Bertz CT molecular complexity index is 516. The number of carbonyl (C=O) groups excluding carboxylic acids is 1. The van der Waals surface area contributed by atoms with Gasteiger partial charge >= 0.3 is 0 Å². The highest BCUT2D eigenvalue weighted by atomic mass is 19.1. The molecule has 1 aromatic rings. The molecule has 0 atom stereocenters. The van der Waals surface area contributed by atoms with Gasteiger partial charge in [-0.2, -0.15) is 0 Å². The summed E-state index contributed by atoms with van der Waals surface area (Å²) in [6.45, 7) is 5.73. The number of hydrogen-bond acceptors (Lipinski definition) is 3. The van der Waals surface area contributed by atoms with Crippen LogP contribution in [-0.4, -0.2) is 43.5 Å². The van der Waals surface area contributed by atoms with Gasteiger partial charge in [0, 0.05) is 32.4 Å². The highest BCUT2D eigenvalue weighted by molar-refractivity contribution is 5.90. The van der Waals surface area contributed by atoms with Crippen molar-refractivity contribution in [1.82, 2.24) is 10.2 Å². The first-order valence-corrected chi connectivity index (χ1v) is 6.83. The maximum atomic E-state index is 13.8. The SMILES string of the molecule is CNCc1cc(F)cc(N2CCN(C)C(=O)C2(C)C)c1. The fourth-order valence-corrected chi connectivity index (χ4v) is 2.76. The van der Waals surface area contributed by atoms with Crippen LogP contribution in [0.15, 0.2) is 18.2 Å². The lowest BCUT2D eigenvalue weighted by Crippen LogP contribution is -2.62. The van der Waals surface area contributed by atoms with E-state index in [1.807, 2.05) is 31.9 Å². The minimum Gasteiger partial charge on any atom is -0.356 e. The quantitative estimate of drug-likeness (QED) is 0.913. The maximum Gasteiger partial charge on any atom is 0.247 e. The second kappa shape index (κ2) is 5.40. The summed E-state index contributed by atoms with van der Waals surface area (Å²) in [7, 11) is 3.63. The number of carbonyl (C=O) groups is 1. The fraction of sp³-hybridized carbons (Fsp3) is 0.533. The summed E-state index contributed by atoms with van der Waals surface area (Å²) in [5, 5.41) is 3.02. The molecule has 0 bridgehead atoms. The summed E-state index contributed by atoms with van der Waals surface area (Å²) >= 11 is 0. The lowest BCUT2D eigenvalue weighted by molar-refractivity contribution is -0.136. The number of likely N-dealkylation sites (N-methyl/N-ethyl adjacent to an activating group) is 1. The van der Waals surface area contributed by atoms with Crippen LogP contribution in [0, 0.1) is 5.82 Å². The largest absolute Gasteiger partial charge is 0.356 e. The smallest absolute Gasteiger partial charge is 0.247 e. The number of piperazine rings is 1. The Labute approximate surface area is 119 Å². The Balaban J connectivity index is 2.37. The van der Waals surface area contributed by atoms with E-state index in [2.05, 4.69) is 5.32 Å². The first kappa shape index (κ1) is 14.8. The van der Waals surface area contributed by atoms with Gasteiger partial charge in [0.15, 0.2) is 0 Å². The molecule has 1 aliphatic heterocycles. The molecule has 0 spiro atoms. The Morgan fingerprint density at radius 3 is 2.65 bits per heavy atom. The van der Waals surface area contributed by atoms with Crippen molar-refractivity contribution >= 4 is 11.6 Å². The number of nitrogens with one attached hydrogen (secondary N) is 1. The fourth-order valence-electron chi connectivity index (χ4n) is 2.76. The molecular weight excluding hydrogens is 257 g/mol. The van der Waals surface area contributed by atoms with Gasteiger partial charge in [0.25, 0.3) is 0 Å². The molecule has 2 rings (SSSR count). The van der Waals surface area contributed by atoms with E-state index >= 15 is 0 Å². The average molecular weight is 279 g/mol. The molecule has 0 aliphatic carbocycles. The highest BCUT2D eigenvalue weighted by Crippen LogP contribution is 2.29. The number of halogens is 1. The number of hydrogen-bond donors (Lipinski definition) is 1. The number of nitrogens with zero attached hydrogens (tertiary/aromatic N) is 2. The van der Waals surface area contributed by atoms with Crippen molar-refractivity contribution in [3.8, 4) is 0 Å². The Morgan fingerprint density at radius 2 is 2.00 bits per heavy atom. The standard InChI is InChI=1S/C15H22FN3O/c1-15(2)14(20)18(4)5-6-19(15)13-8-11(10-17-3)7-12(16)9-13/h7-9,17H,5-6,10H2,1-4H3. The van der Waals surface area contributed by atoms with Crippen molar-refractivity contribution in [2.75, 3.05) is 32.1 Å². The van der Waals surface area contributed by atoms with Gasteiger partial charge < -0.3 is 15.1 Å². The van der Waals surface area contributed by atoms with E-state index < -0.39 is 5.54 Å². The maximum absolute atomic E-state index is 13.8. The molecule has 1 saturated heterocycles. The van der Waals surface area contributed by atoms with Crippen molar-refractivity contribution in [3.63, 3.8) is 0 Å². The van der Waals surface area contributed by atoms with Gasteiger partial charge in [-0.25, -0.2) is 4.39 Å². The third-order valence-electron chi connectivity index (χ3n) is 3.84. The molecule has 1 amide bonds. The number of benzene rings is 1. The van der Waals surface area contributed by atoms with Crippen LogP contribution in [0.4, 0.5) is 10.1 Å². The van der Waals surface area contributed by atoms with Gasteiger partial charge in [-0.3, -0.25) is 4.79 Å². The summed E-state index contributed by atoms with van der Waals surface area (Å²) in [6.07, 6.45) is 0. The molecule has 110 valence electrons. The molecular formula is C15H22FN3O. The van der Waals surface area contributed by atoms with Crippen LogP contribution in [0.25, 0.3) is 0 Å². The zero-order valence-electron chi connectivity index (χ0n) is 12.5. The molecule has 20 heavy (non-hydrogen) atoms. The Kier molecular flexibility index (Phi) is 3.99. The minimum atomic E-state index is -0.655. The molecule has 0 unspecified atom stereocenters. The second-order valence-electron chi connectivity index (χ2n) is 5.79. The lowest BCUT2D eigenvalue weighted by Gasteiger charge is -2.46. The van der Waals surface area contributed by atoms with E-state index in [1.54, 1.807) is 11.9 Å². The zero-order valence-corrected chi connectivity index (χ0v) is 12.5. The third-order valence-corrected chi connectivity index (χ3v) is 3.84. The summed E-state index contributed by atoms with van der Waals surface area (Å²) in [5.41, 5.74) is 0.990. The molecule has 5 heteroatoms. The summed E-state index contributed by atoms with van der Waals surface area (Å²) in [4.78, 5) is 16.0. The number of anilines is 1. The summed E-state index contributed by atoms with van der Waals surface area (Å²) in [5.74, 6) is -0.210. The van der Waals surface area contributed by atoms with Crippen LogP contribution in [0.3, 0.4) is 0 Å². The van der Waals surface area contributed by atoms with E-state index in [-0.39, 0.29) is 11.7 Å². The first-order valence-electron chi connectivity index (χ1n) is 6.83. The molecule has 0 saturated carbocycles. The van der Waals surface area contributed by atoms with E-state index in [1.165, 1.54) is 12.1 Å². The normalized spacial score (nSPS) is 18.6. The first-order chi connectivity index (χ1) is 9.36. The molecule has 1 aliphatic rings. The molecule has 0 aromatic heterocycles. The number of rotatable bonds is 3. The summed E-state index contributed by atoms with van der Waals surface area (Å²) in [6, 6.07) is 4.96. The molecule has 1 fully saturated rings. The van der Waals surface area contributed by atoms with Crippen LogP contribution in [0.5, 0.6) is 0 Å². The van der Waals surface area contributed by atoms with Crippen molar-refractivity contribution in [2.24, 2.45) is 0 Å². The molecule has 1 heterocycles. The summed E-state index contributed by atoms with van der Waals surface area (Å²) < 4.78 is 13.8. The minimum absolute atomic E-state index is 0.0585. The predicted molar refractivity (Wildman–Crippen MR) is 78.2 cm³/mol. The monoisotopic (exact) mass is 279 g/mol. The van der Waals surface area contributed by atoms with Gasteiger partial charge in [-0.05, 0) is 44.7 Å². The van der Waals surface area contributed by atoms with Gasteiger partial charge in [-0.1, -0.05) is 0 Å². The van der Waals surface area contributed by atoms with Gasteiger partial charge in [0.05, 0.1) is 0 Å². The third kappa shape index (κ3) is 2.63. The predicted octanol–water partition coefficient (Wildman–Crippen LogP) is 1.60. The van der Waals surface area contributed by atoms with E-state index in [4.69, 9.17) is 0 Å². The highest BCUT2D eigenvalue weighted by Gasteiger charge is 2.40. The van der Waals surface area contributed by atoms with Crippen LogP contribution in [0.1, 0.15) is 19.4 Å². The lowest BCUT2D eigenvalue weighted by atomic mass is 9.96. The van der Waals surface area contributed by atoms with Crippen molar-refractivity contribution < 1.29 is 9.18 Å². The molecule has 4 nitrogen and oxygen atoms in total. The van der Waals surface area contributed by atoms with Gasteiger partial charge in [-0.15, -0.1) is 0 Å². The van der Waals surface area contributed by atoms with Gasteiger partial charge in [0.2, 0.25) is 5.91 Å². The number of amides is 1. The van der Waals surface area contributed by atoms with E-state index in [0.717, 1.165) is 11.3 Å². The average Bonchev–Trinajstić information content (AvgIpc) is 2.36. The van der Waals surface area contributed by atoms with Crippen LogP contribution < -0.4 is 10.2 Å². The van der Waals surface area contributed by atoms with Crippen LogP contribution in [-0.2, 0) is 11.3 Å². The zero-order chi connectivity index (χ0) is 14.9. The van der Waals surface area contributed by atoms with Crippen LogP contribution in [0.2, 0.25) is 0 Å². The molecule has 1 N–H and O–H groups in total. The van der Waals surface area contributed by atoms with Crippen molar-refractivity contribution in [1.29, 1.82) is 0 Å². The van der Waals surface area contributed by atoms with E-state index in [0.29, 0.717) is 19.6 Å². The second-order valence-corrected chi connectivity index (χ2v) is 5.79. The Hall–Kier alpha value is -1.62. The van der Waals surface area contributed by atoms with Crippen molar-refractivity contribution in [3.05, 3.63) is 29.6 Å². The topological polar surface area (TPSA) is 35.6 Å². The van der Waals surface area contributed by atoms with Crippen molar-refractivity contribution in [2.45, 2.75) is 25.9 Å². The Morgan fingerprint density at radius 1 is 1.30 bits per heavy atom. The molecule has 1 aromatic carbocycles. The van der Waals surface area contributed by atoms with Crippen LogP contribution >= 0.6 is 0 Å². The van der Waals surface area contributed by atoms with E-state index in [9.17, 15) is 9.18 Å².